The molecule has 0 unspecified atom stereocenters. The quantitative estimate of drug-likeness (QED) is 0.501. The van der Waals surface area contributed by atoms with Gasteiger partial charge >= 0.3 is 0 Å². The minimum absolute atomic E-state index is 0.145. The molecule has 0 aromatic rings. The summed E-state index contributed by atoms with van der Waals surface area (Å²) in [5.41, 5.74) is 0. The molecule has 4 heteroatoms. The number of carbonyl (C=O) groups is 1. The van der Waals surface area contributed by atoms with E-state index >= 15 is 0 Å². The Labute approximate surface area is 77.9 Å². The maximum atomic E-state index is 11.3. The molecule has 72 valence electrons. The van der Waals surface area contributed by atoms with E-state index in [-0.39, 0.29) is 11.9 Å². The summed E-state index contributed by atoms with van der Waals surface area (Å²) in [6.45, 7) is 2.80. The van der Waals surface area contributed by atoms with Crippen molar-refractivity contribution in [3.63, 3.8) is 0 Å². The van der Waals surface area contributed by atoms with E-state index in [4.69, 9.17) is 0 Å². The molecule has 0 saturated carbocycles. The average Bonchev–Trinajstić information content (AvgIpc) is 2.50. The monoisotopic (exact) mass is 182 g/mol. The Kier molecular flexibility index (Phi) is 3.29. The predicted octanol–water partition coefficient (Wildman–Crippen LogP) is -1.20. The largest absolute Gasteiger partial charge is 0.390 e. The molecule has 0 aliphatic carbocycles. The normalized spacial score (nSPS) is 26.4. The van der Waals surface area contributed by atoms with Crippen LogP contribution < -0.4 is 5.32 Å². The third-order valence-corrected chi connectivity index (χ3v) is 2.20. The molecule has 4 nitrogen and oxygen atoms in total. The highest BCUT2D eigenvalue weighted by molar-refractivity contribution is 5.93. The fourth-order valence-electron chi connectivity index (χ4n) is 1.39. The summed E-state index contributed by atoms with van der Waals surface area (Å²) in [6.07, 6.45) is -0.479. The second-order valence-electron chi connectivity index (χ2n) is 3.08. The lowest BCUT2D eigenvalue weighted by molar-refractivity contribution is -0.127. The molecule has 0 aromatic heterocycles. The molecule has 1 aliphatic rings. The number of hydrogen-bond donors (Lipinski definition) is 2. The number of amides is 1. The van der Waals surface area contributed by atoms with Crippen LogP contribution in [-0.4, -0.2) is 48.2 Å². The van der Waals surface area contributed by atoms with E-state index in [1.165, 1.54) is 4.90 Å². The van der Waals surface area contributed by atoms with Crippen LogP contribution in [0.3, 0.4) is 0 Å². The molecule has 0 aromatic carbocycles. The second-order valence-corrected chi connectivity index (χ2v) is 3.08. The summed E-state index contributed by atoms with van der Waals surface area (Å²) < 4.78 is 0. The number of nitrogens with one attached hydrogen (secondary N) is 1. The van der Waals surface area contributed by atoms with Crippen molar-refractivity contribution < 1.29 is 9.90 Å². The highest BCUT2D eigenvalue weighted by Gasteiger charge is 2.30. The number of β-amino-alcohol motifs (C(OH)–C–C–N with tert-alkyl or cyclic N) is 1. The number of nitrogens with zero attached hydrogens (tertiary/aromatic N) is 1. The standard InChI is InChI=1S/C9H14N2O2/c1-3-4-9(13)11(2)7-5-10-6-8(7)12/h7-8,10,12H,5-6H2,1-2H3/t7-,8-/m1/s1. The molecule has 0 spiro atoms. The summed E-state index contributed by atoms with van der Waals surface area (Å²) in [4.78, 5) is 12.8. The molecule has 0 bridgehead atoms. The van der Waals surface area contributed by atoms with Crippen molar-refractivity contribution in [2.75, 3.05) is 20.1 Å². The minimum Gasteiger partial charge on any atom is -0.390 e. The van der Waals surface area contributed by atoms with E-state index in [2.05, 4.69) is 17.2 Å². The van der Waals surface area contributed by atoms with Gasteiger partial charge < -0.3 is 15.3 Å². The SMILES string of the molecule is CC#CC(=O)N(C)[C@@H]1CNC[C@H]1O. The van der Waals surface area contributed by atoms with Gasteiger partial charge in [-0.15, -0.1) is 0 Å². The molecule has 2 atom stereocenters. The molecule has 1 aliphatic heterocycles. The van der Waals surface area contributed by atoms with Gasteiger partial charge in [-0.2, -0.15) is 0 Å². The molecule has 1 fully saturated rings. The lowest BCUT2D eigenvalue weighted by Crippen LogP contribution is -2.43. The van der Waals surface area contributed by atoms with Crippen molar-refractivity contribution in [2.24, 2.45) is 0 Å². The van der Waals surface area contributed by atoms with Gasteiger partial charge in [-0.25, -0.2) is 0 Å². The lowest BCUT2D eigenvalue weighted by atomic mass is 10.2. The Morgan fingerprint density at radius 3 is 2.77 bits per heavy atom. The number of rotatable bonds is 1. The van der Waals surface area contributed by atoms with Crippen molar-refractivity contribution in [1.82, 2.24) is 10.2 Å². The van der Waals surface area contributed by atoms with Gasteiger partial charge in [0, 0.05) is 20.1 Å². The number of likely N-dealkylation sites (N-methyl/N-ethyl adjacent to an activating group) is 1. The number of aliphatic hydroxyl groups is 1. The van der Waals surface area contributed by atoms with Gasteiger partial charge in [-0.1, -0.05) is 5.92 Å². The van der Waals surface area contributed by atoms with Crippen LogP contribution >= 0.6 is 0 Å². The van der Waals surface area contributed by atoms with Crippen LogP contribution in [0.1, 0.15) is 6.92 Å². The molecule has 1 saturated heterocycles. The molecule has 1 rings (SSSR count). The van der Waals surface area contributed by atoms with E-state index < -0.39 is 6.10 Å². The van der Waals surface area contributed by atoms with Crippen molar-refractivity contribution in [3.8, 4) is 11.8 Å². The fourth-order valence-corrected chi connectivity index (χ4v) is 1.39. The Bertz CT molecular complexity index is 254. The molecule has 1 amide bonds. The van der Waals surface area contributed by atoms with Crippen LogP contribution in [0.4, 0.5) is 0 Å². The smallest absolute Gasteiger partial charge is 0.298 e. The Morgan fingerprint density at radius 1 is 1.62 bits per heavy atom. The molecular weight excluding hydrogens is 168 g/mol. The van der Waals surface area contributed by atoms with Gasteiger partial charge in [0.05, 0.1) is 12.1 Å². The molecule has 13 heavy (non-hydrogen) atoms. The van der Waals surface area contributed by atoms with Crippen molar-refractivity contribution in [2.45, 2.75) is 19.1 Å². The zero-order valence-corrected chi connectivity index (χ0v) is 7.87. The van der Waals surface area contributed by atoms with E-state index in [9.17, 15) is 9.90 Å². The first-order chi connectivity index (χ1) is 6.16. The zero-order chi connectivity index (χ0) is 9.84. The summed E-state index contributed by atoms with van der Waals surface area (Å²) in [7, 11) is 1.66. The van der Waals surface area contributed by atoms with Crippen molar-refractivity contribution in [3.05, 3.63) is 0 Å². The van der Waals surface area contributed by atoms with Crippen LogP contribution in [0.25, 0.3) is 0 Å². The van der Waals surface area contributed by atoms with Crippen LogP contribution in [0.15, 0.2) is 0 Å². The summed E-state index contributed by atoms with van der Waals surface area (Å²) in [5.74, 6) is 4.74. The molecule has 1 heterocycles. The van der Waals surface area contributed by atoms with Gasteiger partial charge in [0.15, 0.2) is 0 Å². The third-order valence-electron chi connectivity index (χ3n) is 2.20. The van der Waals surface area contributed by atoms with Crippen LogP contribution in [0, 0.1) is 11.8 Å². The first kappa shape index (κ1) is 10.0. The van der Waals surface area contributed by atoms with Gasteiger partial charge in [-0.05, 0) is 12.8 Å². The Hall–Kier alpha value is -1.05. The number of carbonyl (C=O) groups excluding carboxylic acids is 1. The van der Waals surface area contributed by atoms with E-state index in [1.807, 2.05) is 0 Å². The van der Waals surface area contributed by atoms with Crippen molar-refractivity contribution >= 4 is 5.91 Å². The second kappa shape index (κ2) is 4.26. The Balaban J connectivity index is 2.59. The topological polar surface area (TPSA) is 52.6 Å². The first-order valence-corrected chi connectivity index (χ1v) is 4.25. The van der Waals surface area contributed by atoms with E-state index in [0.29, 0.717) is 13.1 Å². The van der Waals surface area contributed by atoms with Crippen molar-refractivity contribution in [1.29, 1.82) is 0 Å². The fraction of sp³-hybridized carbons (Fsp3) is 0.667. The Morgan fingerprint density at radius 2 is 2.31 bits per heavy atom. The number of aliphatic hydroxyl groups excluding tert-OH is 1. The zero-order valence-electron chi connectivity index (χ0n) is 7.87. The number of hydrogen-bond acceptors (Lipinski definition) is 3. The summed E-state index contributed by atoms with van der Waals surface area (Å²) in [6, 6.07) is -0.145. The maximum absolute atomic E-state index is 11.3. The summed E-state index contributed by atoms with van der Waals surface area (Å²) >= 11 is 0. The van der Waals surface area contributed by atoms with E-state index in [0.717, 1.165) is 0 Å². The molecule has 2 N–H and O–H groups in total. The third kappa shape index (κ3) is 2.20. The van der Waals surface area contributed by atoms with Gasteiger partial charge in [0.2, 0.25) is 0 Å². The first-order valence-electron chi connectivity index (χ1n) is 4.25. The van der Waals surface area contributed by atoms with E-state index in [1.54, 1.807) is 14.0 Å². The van der Waals surface area contributed by atoms with Crippen LogP contribution in [0.2, 0.25) is 0 Å². The van der Waals surface area contributed by atoms with Crippen LogP contribution in [0.5, 0.6) is 0 Å². The minimum atomic E-state index is -0.479. The maximum Gasteiger partial charge on any atom is 0.298 e. The van der Waals surface area contributed by atoms with Gasteiger partial charge in [0.1, 0.15) is 0 Å². The van der Waals surface area contributed by atoms with Gasteiger partial charge in [0.25, 0.3) is 5.91 Å². The van der Waals surface area contributed by atoms with Crippen LogP contribution in [-0.2, 0) is 4.79 Å². The molecule has 0 radical (unpaired) electrons. The van der Waals surface area contributed by atoms with Gasteiger partial charge in [-0.3, -0.25) is 4.79 Å². The highest BCUT2D eigenvalue weighted by Crippen LogP contribution is 2.06. The molecular formula is C9H14N2O2. The summed E-state index contributed by atoms with van der Waals surface area (Å²) in [5, 5.41) is 12.5. The average molecular weight is 182 g/mol. The lowest BCUT2D eigenvalue weighted by Gasteiger charge is -2.24. The highest BCUT2D eigenvalue weighted by atomic mass is 16.3. The predicted molar refractivity (Wildman–Crippen MR) is 48.9 cm³/mol.